The molecule has 0 saturated heterocycles. The molecule has 2 aromatic carbocycles. The number of rotatable bonds is 4. The lowest BCUT2D eigenvalue weighted by molar-refractivity contribution is -0.114. The number of benzene rings is 2. The van der Waals surface area contributed by atoms with Crippen LogP contribution in [0.2, 0.25) is 0 Å². The Morgan fingerprint density at radius 1 is 1.04 bits per heavy atom. The second kappa shape index (κ2) is 7.41. The third kappa shape index (κ3) is 3.87. The van der Waals surface area contributed by atoms with Crippen molar-refractivity contribution in [1.82, 2.24) is 9.78 Å². The quantitative estimate of drug-likeness (QED) is 0.737. The Kier molecular flexibility index (Phi) is 5.03. The minimum absolute atomic E-state index is 0.0162. The average molecular weight is 366 g/mol. The lowest BCUT2D eigenvalue weighted by Crippen LogP contribution is -2.15. The van der Waals surface area contributed by atoms with Crippen molar-refractivity contribution in [3.63, 3.8) is 0 Å². The summed E-state index contributed by atoms with van der Waals surface area (Å²) < 4.78 is 15.8. The van der Waals surface area contributed by atoms with Crippen LogP contribution in [0.15, 0.2) is 48.5 Å². The first-order valence-electron chi connectivity index (χ1n) is 8.37. The number of aryl methyl sites for hydroxylation is 1. The van der Waals surface area contributed by atoms with Crippen LogP contribution in [0.5, 0.6) is 0 Å². The number of nitrogens with one attached hydrogen (secondary N) is 2. The SMILES string of the molecule is CC(=O)Nc1ccc(F)c(NC(=O)c2c(C)nn(-c3ccccc3)c2C)c1. The van der Waals surface area contributed by atoms with Gasteiger partial charge in [-0.1, -0.05) is 18.2 Å². The van der Waals surface area contributed by atoms with E-state index in [0.29, 0.717) is 22.6 Å². The summed E-state index contributed by atoms with van der Waals surface area (Å²) in [5, 5.41) is 9.56. The molecule has 0 spiro atoms. The standard InChI is InChI=1S/C20H19FN4O2/c1-12-19(13(2)25(24-12)16-7-5-4-6-8-16)20(27)23-18-11-15(22-14(3)26)9-10-17(18)21/h4-11H,1-3H3,(H,22,26)(H,23,27). The minimum Gasteiger partial charge on any atom is -0.326 e. The monoisotopic (exact) mass is 366 g/mol. The number of halogens is 1. The molecular formula is C20H19FN4O2. The molecule has 0 atom stereocenters. The fourth-order valence-corrected chi connectivity index (χ4v) is 2.88. The number of para-hydroxylation sites is 1. The van der Waals surface area contributed by atoms with Crippen molar-refractivity contribution in [2.75, 3.05) is 10.6 Å². The van der Waals surface area contributed by atoms with E-state index >= 15 is 0 Å². The van der Waals surface area contributed by atoms with Crippen LogP contribution in [0.3, 0.4) is 0 Å². The molecule has 6 nitrogen and oxygen atoms in total. The first-order valence-corrected chi connectivity index (χ1v) is 8.37. The number of nitrogens with zero attached hydrogens (tertiary/aromatic N) is 2. The van der Waals surface area contributed by atoms with Gasteiger partial charge in [-0.05, 0) is 44.2 Å². The number of hydrogen-bond acceptors (Lipinski definition) is 3. The second-order valence-electron chi connectivity index (χ2n) is 6.12. The van der Waals surface area contributed by atoms with E-state index in [0.717, 1.165) is 5.69 Å². The molecular weight excluding hydrogens is 347 g/mol. The molecule has 7 heteroatoms. The van der Waals surface area contributed by atoms with Crippen LogP contribution in [-0.2, 0) is 4.79 Å². The van der Waals surface area contributed by atoms with Gasteiger partial charge < -0.3 is 10.6 Å². The van der Waals surface area contributed by atoms with E-state index in [-0.39, 0.29) is 11.6 Å². The van der Waals surface area contributed by atoms with Gasteiger partial charge in [0, 0.05) is 12.6 Å². The van der Waals surface area contributed by atoms with Gasteiger partial charge in [0.25, 0.3) is 5.91 Å². The van der Waals surface area contributed by atoms with Crippen LogP contribution in [0, 0.1) is 19.7 Å². The molecule has 0 bridgehead atoms. The van der Waals surface area contributed by atoms with E-state index in [4.69, 9.17) is 0 Å². The number of aromatic nitrogens is 2. The molecule has 0 saturated carbocycles. The smallest absolute Gasteiger partial charge is 0.259 e. The van der Waals surface area contributed by atoms with Gasteiger partial charge >= 0.3 is 0 Å². The summed E-state index contributed by atoms with van der Waals surface area (Å²) in [4.78, 5) is 23.9. The molecule has 2 N–H and O–H groups in total. The zero-order chi connectivity index (χ0) is 19.6. The van der Waals surface area contributed by atoms with Crippen molar-refractivity contribution in [3.8, 4) is 5.69 Å². The summed E-state index contributed by atoms with van der Waals surface area (Å²) >= 11 is 0. The number of carbonyl (C=O) groups excluding carboxylic acids is 2. The fourth-order valence-electron chi connectivity index (χ4n) is 2.88. The fraction of sp³-hybridized carbons (Fsp3) is 0.150. The molecule has 0 radical (unpaired) electrons. The molecule has 0 aliphatic heterocycles. The Morgan fingerprint density at radius 2 is 1.74 bits per heavy atom. The predicted octanol–water partition coefficient (Wildman–Crippen LogP) is 3.84. The third-order valence-corrected chi connectivity index (χ3v) is 4.05. The maximum atomic E-state index is 14.1. The molecule has 1 aromatic heterocycles. The van der Waals surface area contributed by atoms with E-state index in [1.165, 1.54) is 25.1 Å². The summed E-state index contributed by atoms with van der Waals surface area (Å²) in [5.41, 5.74) is 2.77. The van der Waals surface area contributed by atoms with Gasteiger partial charge in [0.2, 0.25) is 5.91 Å². The highest BCUT2D eigenvalue weighted by Crippen LogP contribution is 2.23. The molecule has 3 aromatic rings. The lowest BCUT2D eigenvalue weighted by atomic mass is 10.1. The number of anilines is 2. The molecule has 0 aliphatic rings. The van der Waals surface area contributed by atoms with Gasteiger partial charge in [-0.2, -0.15) is 5.10 Å². The normalized spacial score (nSPS) is 10.5. The van der Waals surface area contributed by atoms with Crippen molar-refractivity contribution < 1.29 is 14.0 Å². The van der Waals surface area contributed by atoms with E-state index in [1.54, 1.807) is 18.5 Å². The van der Waals surface area contributed by atoms with E-state index in [9.17, 15) is 14.0 Å². The van der Waals surface area contributed by atoms with Gasteiger partial charge in [-0.15, -0.1) is 0 Å². The first kappa shape index (κ1) is 18.3. The van der Waals surface area contributed by atoms with E-state index < -0.39 is 11.7 Å². The Hall–Kier alpha value is -3.48. The van der Waals surface area contributed by atoms with Crippen LogP contribution in [0.4, 0.5) is 15.8 Å². The Bertz CT molecular complexity index is 1010. The molecule has 0 fully saturated rings. The van der Waals surface area contributed by atoms with Crippen LogP contribution in [-0.4, -0.2) is 21.6 Å². The molecule has 0 unspecified atom stereocenters. The van der Waals surface area contributed by atoms with Crippen molar-refractivity contribution >= 4 is 23.2 Å². The van der Waals surface area contributed by atoms with Crippen LogP contribution in [0.25, 0.3) is 5.69 Å². The zero-order valence-corrected chi connectivity index (χ0v) is 15.2. The highest BCUT2D eigenvalue weighted by Gasteiger charge is 2.20. The van der Waals surface area contributed by atoms with Crippen LogP contribution >= 0.6 is 0 Å². The minimum atomic E-state index is -0.594. The van der Waals surface area contributed by atoms with Gasteiger partial charge in [0.05, 0.1) is 28.3 Å². The number of hydrogen-bond donors (Lipinski definition) is 2. The molecule has 2 amide bonds. The van der Waals surface area contributed by atoms with Gasteiger partial charge in [-0.3, -0.25) is 9.59 Å². The molecule has 138 valence electrons. The molecule has 1 heterocycles. The van der Waals surface area contributed by atoms with Crippen LogP contribution < -0.4 is 10.6 Å². The molecule has 0 aliphatic carbocycles. The summed E-state index contributed by atoms with van der Waals surface area (Å²) in [7, 11) is 0. The van der Waals surface area contributed by atoms with E-state index in [2.05, 4.69) is 15.7 Å². The van der Waals surface area contributed by atoms with Gasteiger partial charge in [-0.25, -0.2) is 9.07 Å². The predicted molar refractivity (Wildman–Crippen MR) is 102 cm³/mol. The van der Waals surface area contributed by atoms with Crippen molar-refractivity contribution in [2.45, 2.75) is 20.8 Å². The van der Waals surface area contributed by atoms with Gasteiger partial charge in [0.15, 0.2) is 0 Å². The Balaban J connectivity index is 1.92. The van der Waals surface area contributed by atoms with E-state index in [1.807, 2.05) is 30.3 Å². The Morgan fingerprint density at radius 3 is 2.41 bits per heavy atom. The highest BCUT2D eigenvalue weighted by atomic mass is 19.1. The first-order chi connectivity index (χ1) is 12.9. The van der Waals surface area contributed by atoms with Crippen molar-refractivity contribution in [3.05, 3.63) is 71.3 Å². The Labute approximate surface area is 156 Å². The maximum absolute atomic E-state index is 14.1. The lowest BCUT2D eigenvalue weighted by Gasteiger charge is -2.10. The summed E-state index contributed by atoms with van der Waals surface area (Å²) in [5.74, 6) is -1.34. The molecule has 3 rings (SSSR count). The number of carbonyl (C=O) groups is 2. The third-order valence-electron chi connectivity index (χ3n) is 4.05. The topological polar surface area (TPSA) is 76.0 Å². The van der Waals surface area contributed by atoms with Crippen LogP contribution in [0.1, 0.15) is 28.7 Å². The van der Waals surface area contributed by atoms with Crippen molar-refractivity contribution in [1.29, 1.82) is 0 Å². The summed E-state index contributed by atoms with van der Waals surface area (Å²) in [6.07, 6.45) is 0. The second-order valence-corrected chi connectivity index (χ2v) is 6.12. The summed E-state index contributed by atoms with van der Waals surface area (Å²) in [6, 6.07) is 13.4. The molecule has 27 heavy (non-hydrogen) atoms. The summed E-state index contributed by atoms with van der Waals surface area (Å²) in [6.45, 7) is 4.86. The maximum Gasteiger partial charge on any atom is 0.259 e. The number of amides is 2. The van der Waals surface area contributed by atoms with Gasteiger partial charge in [0.1, 0.15) is 5.82 Å². The largest absolute Gasteiger partial charge is 0.326 e. The zero-order valence-electron chi connectivity index (χ0n) is 15.2. The van der Waals surface area contributed by atoms with Crippen molar-refractivity contribution in [2.24, 2.45) is 0 Å². The average Bonchev–Trinajstić information content (AvgIpc) is 2.92. The highest BCUT2D eigenvalue weighted by molar-refractivity contribution is 6.06.